The SMILES string of the molecule is Cc1cc(F)ccc1N1CCC(C(C)C)C1C(C)C. The molecule has 106 valence electrons. The summed E-state index contributed by atoms with van der Waals surface area (Å²) in [6.45, 7) is 12.4. The Kier molecular flexibility index (Phi) is 4.17. The number of hydrogen-bond donors (Lipinski definition) is 0. The molecule has 19 heavy (non-hydrogen) atoms. The van der Waals surface area contributed by atoms with Crippen LogP contribution in [0.2, 0.25) is 0 Å². The van der Waals surface area contributed by atoms with Crippen molar-refractivity contribution in [2.24, 2.45) is 17.8 Å². The van der Waals surface area contributed by atoms with Gasteiger partial charge in [0.2, 0.25) is 0 Å². The van der Waals surface area contributed by atoms with Gasteiger partial charge in [-0.1, -0.05) is 27.7 Å². The van der Waals surface area contributed by atoms with Gasteiger partial charge in [0.1, 0.15) is 5.82 Å². The summed E-state index contributed by atoms with van der Waals surface area (Å²) in [5, 5.41) is 0. The topological polar surface area (TPSA) is 3.24 Å². The number of hydrogen-bond acceptors (Lipinski definition) is 1. The molecule has 1 aliphatic rings. The lowest BCUT2D eigenvalue weighted by Gasteiger charge is -2.35. The molecule has 0 N–H and O–H groups in total. The van der Waals surface area contributed by atoms with Crippen molar-refractivity contribution in [3.8, 4) is 0 Å². The number of benzene rings is 1. The zero-order valence-electron chi connectivity index (χ0n) is 12.8. The standard InChI is InChI=1S/C17H26FN/c1-11(2)15-8-9-19(17(15)12(3)4)16-7-6-14(18)10-13(16)5/h6-7,10-12,15,17H,8-9H2,1-5H3. The van der Waals surface area contributed by atoms with Gasteiger partial charge in [-0.05, 0) is 54.9 Å². The third-order valence-electron chi connectivity index (χ3n) is 4.51. The zero-order valence-corrected chi connectivity index (χ0v) is 12.8. The molecule has 1 fully saturated rings. The Labute approximate surface area is 116 Å². The van der Waals surface area contributed by atoms with Crippen LogP contribution in [0.25, 0.3) is 0 Å². The molecule has 0 bridgehead atoms. The smallest absolute Gasteiger partial charge is 0.123 e. The molecule has 1 aliphatic heterocycles. The second-order valence-electron chi connectivity index (χ2n) is 6.56. The van der Waals surface area contributed by atoms with Crippen LogP contribution in [-0.2, 0) is 0 Å². The maximum Gasteiger partial charge on any atom is 0.123 e. The molecule has 2 atom stereocenters. The molecule has 2 rings (SSSR count). The van der Waals surface area contributed by atoms with Crippen LogP contribution in [0.5, 0.6) is 0 Å². The van der Waals surface area contributed by atoms with Crippen LogP contribution in [0.15, 0.2) is 18.2 Å². The molecule has 1 heterocycles. The summed E-state index contributed by atoms with van der Waals surface area (Å²) in [6.07, 6.45) is 1.25. The van der Waals surface area contributed by atoms with E-state index in [0.29, 0.717) is 17.9 Å². The Morgan fingerprint density at radius 2 is 1.84 bits per heavy atom. The zero-order chi connectivity index (χ0) is 14.2. The molecule has 2 unspecified atom stereocenters. The van der Waals surface area contributed by atoms with Crippen molar-refractivity contribution in [3.05, 3.63) is 29.6 Å². The highest BCUT2D eigenvalue weighted by atomic mass is 19.1. The molecular weight excluding hydrogens is 237 g/mol. The molecule has 1 aromatic carbocycles. The van der Waals surface area contributed by atoms with Crippen molar-refractivity contribution in [1.29, 1.82) is 0 Å². The minimum absolute atomic E-state index is 0.137. The van der Waals surface area contributed by atoms with E-state index in [9.17, 15) is 4.39 Å². The Hall–Kier alpha value is -1.05. The summed E-state index contributed by atoms with van der Waals surface area (Å²) in [6, 6.07) is 5.75. The number of nitrogens with zero attached hydrogens (tertiary/aromatic N) is 1. The highest BCUT2D eigenvalue weighted by Gasteiger charge is 2.38. The van der Waals surface area contributed by atoms with E-state index in [-0.39, 0.29) is 5.82 Å². The van der Waals surface area contributed by atoms with Gasteiger partial charge in [-0.15, -0.1) is 0 Å². The van der Waals surface area contributed by atoms with Gasteiger partial charge in [0, 0.05) is 18.3 Å². The molecule has 0 radical (unpaired) electrons. The highest BCUT2D eigenvalue weighted by Crippen LogP contribution is 2.38. The summed E-state index contributed by atoms with van der Waals surface area (Å²) in [7, 11) is 0. The molecule has 0 spiro atoms. The Balaban J connectivity index is 2.33. The molecule has 2 heteroatoms. The average Bonchev–Trinajstić information content (AvgIpc) is 2.73. The number of anilines is 1. The van der Waals surface area contributed by atoms with E-state index in [4.69, 9.17) is 0 Å². The fourth-order valence-corrected chi connectivity index (χ4v) is 3.64. The quantitative estimate of drug-likeness (QED) is 0.768. The van der Waals surface area contributed by atoms with E-state index in [2.05, 4.69) is 32.6 Å². The second kappa shape index (κ2) is 5.52. The van der Waals surface area contributed by atoms with Crippen molar-refractivity contribution < 1.29 is 4.39 Å². The van der Waals surface area contributed by atoms with Crippen LogP contribution in [0.1, 0.15) is 39.7 Å². The summed E-state index contributed by atoms with van der Waals surface area (Å²) in [5.74, 6) is 1.93. The monoisotopic (exact) mass is 263 g/mol. The van der Waals surface area contributed by atoms with Crippen molar-refractivity contribution >= 4 is 5.69 Å². The molecule has 0 amide bonds. The maximum absolute atomic E-state index is 13.3. The molecule has 0 aliphatic carbocycles. The molecule has 0 saturated carbocycles. The minimum atomic E-state index is -0.137. The van der Waals surface area contributed by atoms with Gasteiger partial charge >= 0.3 is 0 Å². The van der Waals surface area contributed by atoms with Crippen molar-refractivity contribution in [1.82, 2.24) is 0 Å². The number of rotatable bonds is 3. The first-order valence-corrected chi connectivity index (χ1v) is 7.44. The predicted molar refractivity (Wildman–Crippen MR) is 80.1 cm³/mol. The summed E-state index contributed by atoms with van der Waals surface area (Å²) < 4.78 is 13.3. The van der Waals surface area contributed by atoms with E-state index in [1.54, 1.807) is 12.1 Å². The third-order valence-corrected chi connectivity index (χ3v) is 4.51. The van der Waals surface area contributed by atoms with Crippen LogP contribution in [0.3, 0.4) is 0 Å². The summed E-state index contributed by atoms with van der Waals surface area (Å²) in [5.41, 5.74) is 2.26. The third kappa shape index (κ3) is 2.77. The second-order valence-corrected chi connectivity index (χ2v) is 6.56. The molecule has 0 aromatic heterocycles. The maximum atomic E-state index is 13.3. The van der Waals surface area contributed by atoms with E-state index < -0.39 is 0 Å². The van der Waals surface area contributed by atoms with Gasteiger partial charge in [-0.25, -0.2) is 4.39 Å². The van der Waals surface area contributed by atoms with E-state index in [1.165, 1.54) is 12.1 Å². The largest absolute Gasteiger partial charge is 0.368 e. The predicted octanol–water partition coefficient (Wildman–Crippen LogP) is 4.64. The van der Waals surface area contributed by atoms with Crippen LogP contribution >= 0.6 is 0 Å². The normalized spacial score (nSPS) is 23.7. The summed E-state index contributed by atoms with van der Waals surface area (Å²) >= 11 is 0. The molecule has 1 aromatic rings. The molecule has 1 saturated heterocycles. The van der Waals surface area contributed by atoms with Crippen LogP contribution in [-0.4, -0.2) is 12.6 Å². The number of halogens is 1. The lowest BCUT2D eigenvalue weighted by molar-refractivity contribution is 0.301. The van der Waals surface area contributed by atoms with Gasteiger partial charge in [0.25, 0.3) is 0 Å². The van der Waals surface area contributed by atoms with Gasteiger partial charge in [0.05, 0.1) is 0 Å². The molecule has 1 nitrogen and oxygen atoms in total. The van der Waals surface area contributed by atoms with Crippen molar-refractivity contribution in [2.75, 3.05) is 11.4 Å². The first kappa shape index (κ1) is 14.4. The van der Waals surface area contributed by atoms with Gasteiger partial charge in [-0.2, -0.15) is 0 Å². The van der Waals surface area contributed by atoms with Crippen LogP contribution in [0, 0.1) is 30.5 Å². The Morgan fingerprint density at radius 3 is 2.37 bits per heavy atom. The van der Waals surface area contributed by atoms with Gasteiger partial charge < -0.3 is 4.90 Å². The van der Waals surface area contributed by atoms with Crippen molar-refractivity contribution in [3.63, 3.8) is 0 Å². The highest BCUT2D eigenvalue weighted by molar-refractivity contribution is 5.55. The molecular formula is C17H26FN. The van der Waals surface area contributed by atoms with Crippen molar-refractivity contribution in [2.45, 2.75) is 47.1 Å². The minimum Gasteiger partial charge on any atom is -0.368 e. The van der Waals surface area contributed by atoms with E-state index in [1.807, 2.05) is 13.0 Å². The van der Waals surface area contributed by atoms with E-state index in [0.717, 1.165) is 18.0 Å². The fraction of sp³-hybridized carbons (Fsp3) is 0.647. The fourth-order valence-electron chi connectivity index (χ4n) is 3.64. The Morgan fingerprint density at radius 1 is 1.16 bits per heavy atom. The van der Waals surface area contributed by atoms with Gasteiger partial charge in [0.15, 0.2) is 0 Å². The van der Waals surface area contributed by atoms with Crippen LogP contribution in [0.4, 0.5) is 10.1 Å². The average molecular weight is 263 g/mol. The lowest BCUT2D eigenvalue weighted by atomic mass is 9.83. The first-order valence-electron chi connectivity index (χ1n) is 7.44. The number of aryl methyl sites for hydroxylation is 1. The Bertz CT molecular complexity index is 439. The van der Waals surface area contributed by atoms with Crippen LogP contribution < -0.4 is 4.90 Å². The summed E-state index contributed by atoms with van der Waals surface area (Å²) in [4.78, 5) is 2.50. The van der Waals surface area contributed by atoms with Gasteiger partial charge in [-0.3, -0.25) is 0 Å². The van der Waals surface area contributed by atoms with E-state index >= 15 is 0 Å². The lowest BCUT2D eigenvalue weighted by Crippen LogP contribution is -2.39. The first-order chi connectivity index (χ1) is 8.91.